The van der Waals surface area contributed by atoms with Gasteiger partial charge in [-0.15, -0.1) is 0 Å². The molecule has 3 atom stereocenters. The second-order valence-electron chi connectivity index (χ2n) is 7.51. The third kappa shape index (κ3) is 2.10. The maximum atomic E-state index is 12.6. The van der Waals surface area contributed by atoms with Gasteiger partial charge in [0.2, 0.25) is 0 Å². The highest BCUT2D eigenvalue weighted by molar-refractivity contribution is 5.92. The van der Waals surface area contributed by atoms with Crippen molar-refractivity contribution in [2.45, 2.75) is 23.7 Å². The number of rotatable bonds is 2. The van der Waals surface area contributed by atoms with Crippen molar-refractivity contribution < 1.29 is 23.8 Å². The first kappa shape index (κ1) is 17.4. The van der Waals surface area contributed by atoms with Gasteiger partial charge in [0, 0.05) is 13.0 Å². The lowest BCUT2D eigenvalue weighted by Crippen LogP contribution is -2.50. The van der Waals surface area contributed by atoms with Crippen LogP contribution in [0.25, 0.3) is 11.1 Å². The first-order valence-electron chi connectivity index (χ1n) is 9.34. The zero-order chi connectivity index (χ0) is 19.5. The van der Waals surface area contributed by atoms with Crippen molar-refractivity contribution in [3.05, 3.63) is 59.7 Å². The second kappa shape index (κ2) is 6.15. The number of nitrogens with zero attached hydrogens (tertiary/aromatic N) is 1. The fraction of sp³-hybridized carbons (Fsp3) is 0.364. The topological polar surface area (TPSA) is 65.1 Å². The molecule has 6 nitrogen and oxygen atoms in total. The largest absolute Gasteiger partial charge is 0.453 e. The molecule has 2 aliphatic heterocycles. The van der Waals surface area contributed by atoms with Crippen molar-refractivity contribution in [1.29, 1.82) is 0 Å². The molecule has 0 radical (unpaired) electrons. The van der Waals surface area contributed by atoms with Crippen LogP contribution < -0.4 is 0 Å². The van der Waals surface area contributed by atoms with Gasteiger partial charge in [-0.05, 0) is 22.3 Å². The first-order valence-corrected chi connectivity index (χ1v) is 9.34. The van der Waals surface area contributed by atoms with E-state index in [1.54, 1.807) is 7.11 Å². The number of amides is 1. The molecule has 0 N–H and O–H groups in total. The Morgan fingerprint density at radius 1 is 1.07 bits per heavy atom. The van der Waals surface area contributed by atoms with E-state index in [0.29, 0.717) is 0 Å². The SMILES string of the molecule is COC(=O)N1C[C@@](OC)(C2c3ccccc3-c3ccccc32)[C@H]2OCC(=O)[C@H]21. The Balaban J connectivity index is 1.71. The number of carbonyl (C=O) groups is 2. The second-order valence-corrected chi connectivity index (χ2v) is 7.51. The minimum absolute atomic E-state index is 0.0239. The van der Waals surface area contributed by atoms with E-state index in [1.165, 1.54) is 12.0 Å². The number of benzene rings is 2. The van der Waals surface area contributed by atoms with E-state index in [9.17, 15) is 9.59 Å². The summed E-state index contributed by atoms with van der Waals surface area (Å²) in [6.07, 6.45) is -1.08. The summed E-state index contributed by atoms with van der Waals surface area (Å²) in [4.78, 5) is 26.5. The predicted octanol–water partition coefficient (Wildman–Crippen LogP) is 2.60. The van der Waals surface area contributed by atoms with E-state index < -0.39 is 23.8 Å². The summed E-state index contributed by atoms with van der Waals surface area (Å²) in [6, 6.07) is 15.7. The molecule has 3 aliphatic rings. The van der Waals surface area contributed by atoms with Gasteiger partial charge in [0.25, 0.3) is 0 Å². The van der Waals surface area contributed by atoms with E-state index in [2.05, 4.69) is 24.3 Å². The number of ether oxygens (including phenoxy) is 3. The third-order valence-electron chi connectivity index (χ3n) is 6.37. The van der Waals surface area contributed by atoms with Gasteiger partial charge in [0.15, 0.2) is 5.78 Å². The number of carbonyl (C=O) groups excluding carboxylic acids is 2. The van der Waals surface area contributed by atoms with Gasteiger partial charge in [0.1, 0.15) is 24.4 Å². The van der Waals surface area contributed by atoms with Crippen LogP contribution in [0.2, 0.25) is 0 Å². The monoisotopic (exact) mass is 379 g/mol. The Morgan fingerprint density at radius 2 is 1.68 bits per heavy atom. The number of likely N-dealkylation sites (tertiary alicyclic amines) is 1. The lowest BCUT2D eigenvalue weighted by molar-refractivity contribution is -0.122. The predicted molar refractivity (Wildman–Crippen MR) is 101 cm³/mol. The van der Waals surface area contributed by atoms with Gasteiger partial charge in [0.05, 0.1) is 13.7 Å². The molecule has 2 aromatic rings. The summed E-state index contributed by atoms with van der Waals surface area (Å²) in [6.45, 7) is 0.203. The van der Waals surface area contributed by atoms with Crippen LogP contribution >= 0.6 is 0 Å². The number of ketones is 1. The van der Waals surface area contributed by atoms with Gasteiger partial charge in [-0.3, -0.25) is 9.69 Å². The van der Waals surface area contributed by atoms with Crippen molar-refractivity contribution in [3.8, 4) is 11.1 Å². The quantitative estimate of drug-likeness (QED) is 0.803. The zero-order valence-corrected chi connectivity index (χ0v) is 15.8. The molecule has 0 aromatic heterocycles. The molecule has 28 heavy (non-hydrogen) atoms. The standard InChI is InChI=1S/C22H21NO5/c1-26-21(25)23-12-22(27-2,20-19(23)17(24)11-28-20)18-15-9-5-3-7-13(15)14-8-4-6-10-16(14)18/h3-10,18-20H,11-12H2,1-2H3/t19-,20+,22-/m1/s1. The Kier molecular flexibility index (Phi) is 3.82. The van der Waals surface area contributed by atoms with E-state index in [-0.39, 0.29) is 24.9 Å². The molecule has 5 rings (SSSR count). The summed E-state index contributed by atoms with van der Waals surface area (Å²) >= 11 is 0. The smallest absolute Gasteiger partial charge is 0.410 e. The number of fused-ring (bicyclic) bond motifs is 4. The highest BCUT2D eigenvalue weighted by Gasteiger charge is 2.65. The molecular formula is C22H21NO5. The molecule has 6 heteroatoms. The maximum absolute atomic E-state index is 12.6. The molecule has 0 unspecified atom stereocenters. The molecule has 2 aromatic carbocycles. The van der Waals surface area contributed by atoms with Gasteiger partial charge < -0.3 is 14.2 Å². The lowest BCUT2D eigenvalue weighted by atomic mass is 9.77. The molecule has 2 saturated heterocycles. The highest BCUT2D eigenvalue weighted by atomic mass is 16.6. The Labute approximate surface area is 163 Å². The molecule has 1 aliphatic carbocycles. The molecule has 0 bridgehead atoms. The Hall–Kier alpha value is -2.70. The average molecular weight is 379 g/mol. The summed E-state index contributed by atoms with van der Waals surface area (Å²) in [5.74, 6) is -0.271. The van der Waals surface area contributed by atoms with Crippen LogP contribution in [0, 0.1) is 0 Å². The van der Waals surface area contributed by atoms with E-state index >= 15 is 0 Å². The maximum Gasteiger partial charge on any atom is 0.410 e. The number of Topliss-reactive ketones (excluding diaryl/α,β-unsaturated/α-hetero) is 1. The number of methoxy groups -OCH3 is 2. The van der Waals surface area contributed by atoms with E-state index in [1.807, 2.05) is 24.3 Å². The van der Waals surface area contributed by atoms with Crippen molar-refractivity contribution >= 4 is 11.9 Å². The van der Waals surface area contributed by atoms with Gasteiger partial charge in [-0.1, -0.05) is 48.5 Å². The molecule has 2 fully saturated rings. The first-order chi connectivity index (χ1) is 13.6. The molecule has 0 spiro atoms. The van der Waals surface area contributed by atoms with Gasteiger partial charge >= 0.3 is 6.09 Å². The lowest BCUT2D eigenvalue weighted by Gasteiger charge is -2.38. The Bertz CT molecular complexity index is 927. The van der Waals surface area contributed by atoms with Crippen molar-refractivity contribution in [1.82, 2.24) is 4.90 Å². The van der Waals surface area contributed by atoms with Crippen LogP contribution in [0.5, 0.6) is 0 Å². The summed E-state index contributed by atoms with van der Waals surface area (Å²) in [7, 11) is 2.96. The number of hydrogen-bond donors (Lipinski definition) is 0. The summed E-state index contributed by atoms with van der Waals surface area (Å²) in [5.41, 5.74) is 3.67. The summed E-state index contributed by atoms with van der Waals surface area (Å²) in [5, 5.41) is 0. The van der Waals surface area contributed by atoms with Crippen LogP contribution in [-0.2, 0) is 19.0 Å². The zero-order valence-electron chi connectivity index (χ0n) is 15.8. The fourth-order valence-corrected chi connectivity index (χ4v) is 5.25. The molecule has 144 valence electrons. The van der Waals surface area contributed by atoms with Crippen molar-refractivity contribution in [2.24, 2.45) is 0 Å². The number of hydrogen-bond acceptors (Lipinski definition) is 5. The minimum Gasteiger partial charge on any atom is -0.453 e. The van der Waals surface area contributed by atoms with E-state index in [4.69, 9.17) is 14.2 Å². The molecule has 0 saturated carbocycles. The summed E-state index contributed by atoms with van der Waals surface area (Å²) < 4.78 is 17.1. The van der Waals surface area contributed by atoms with Crippen molar-refractivity contribution in [2.75, 3.05) is 27.4 Å². The Morgan fingerprint density at radius 3 is 2.25 bits per heavy atom. The van der Waals surface area contributed by atoms with Crippen LogP contribution in [0.3, 0.4) is 0 Å². The van der Waals surface area contributed by atoms with Crippen LogP contribution in [0.15, 0.2) is 48.5 Å². The third-order valence-corrected chi connectivity index (χ3v) is 6.37. The fourth-order valence-electron chi connectivity index (χ4n) is 5.25. The van der Waals surface area contributed by atoms with Crippen LogP contribution in [0.1, 0.15) is 17.0 Å². The molecule has 2 heterocycles. The van der Waals surface area contributed by atoms with E-state index in [0.717, 1.165) is 22.3 Å². The van der Waals surface area contributed by atoms with Crippen LogP contribution in [-0.4, -0.2) is 61.9 Å². The highest BCUT2D eigenvalue weighted by Crippen LogP contribution is 2.55. The average Bonchev–Trinajstić information content (AvgIpc) is 3.38. The van der Waals surface area contributed by atoms with Crippen molar-refractivity contribution in [3.63, 3.8) is 0 Å². The van der Waals surface area contributed by atoms with Gasteiger partial charge in [-0.25, -0.2) is 4.79 Å². The minimum atomic E-state index is -0.881. The van der Waals surface area contributed by atoms with Crippen LogP contribution in [0.4, 0.5) is 4.79 Å². The molecule has 1 amide bonds. The molecular weight excluding hydrogens is 358 g/mol. The van der Waals surface area contributed by atoms with Gasteiger partial charge in [-0.2, -0.15) is 0 Å². The normalized spacial score (nSPS) is 28.2.